The maximum Gasteiger partial charge on any atom is 0.307 e. The van der Waals surface area contributed by atoms with Gasteiger partial charge in [-0.05, 0) is 31.2 Å². The van der Waals surface area contributed by atoms with Gasteiger partial charge in [0, 0.05) is 42.1 Å². The summed E-state index contributed by atoms with van der Waals surface area (Å²) in [7, 11) is 0. The molecule has 130 valence electrons. The lowest BCUT2D eigenvalue weighted by Crippen LogP contribution is -2.37. The molecule has 1 aliphatic heterocycles. The zero-order chi connectivity index (χ0) is 16.9. The quantitative estimate of drug-likeness (QED) is 0.757. The molecular formula is C17H22N2O3S2. The van der Waals surface area contributed by atoms with Crippen molar-refractivity contribution < 1.29 is 9.53 Å². The second kappa shape index (κ2) is 8.09. The average molecular weight is 367 g/mol. The Morgan fingerprint density at radius 3 is 2.96 bits per heavy atom. The largest absolute Gasteiger partial charge is 0.376 e. The van der Waals surface area contributed by atoms with Crippen molar-refractivity contribution in [3.63, 3.8) is 0 Å². The fourth-order valence-electron chi connectivity index (χ4n) is 2.92. The number of thiazole rings is 1. The van der Waals surface area contributed by atoms with Crippen LogP contribution in [0.15, 0.2) is 27.7 Å². The van der Waals surface area contributed by atoms with Gasteiger partial charge in [0.2, 0.25) is 5.91 Å². The second-order valence-electron chi connectivity index (χ2n) is 6.03. The third-order valence-corrected chi connectivity index (χ3v) is 6.00. The Hall–Kier alpha value is -1.44. The van der Waals surface area contributed by atoms with Crippen molar-refractivity contribution in [2.75, 3.05) is 13.2 Å². The molecule has 0 saturated carbocycles. The molecule has 3 heterocycles. The van der Waals surface area contributed by atoms with Crippen molar-refractivity contribution in [2.24, 2.45) is 0 Å². The van der Waals surface area contributed by atoms with Crippen LogP contribution < -0.4 is 4.87 Å². The summed E-state index contributed by atoms with van der Waals surface area (Å²) in [5.74, 6) is 0.0800. The van der Waals surface area contributed by atoms with E-state index in [2.05, 4.69) is 0 Å². The number of thiophene rings is 1. The normalized spacial score (nSPS) is 17.3. The third-order valence-electron chi connectivity index (χ3n) is 4.25. The summed E-state index contributed by atoms with van der Waals surface area (Å²) in [6.07, 6.45) is 2.56. The summed E-state index contributed by atoms with van der Waals surface area (Å²) in [6, 6.07) is 4.05. The van der Waals surface area contributed by atoms with E-state index in [9.17, 15) is 9.59 Å². The summed E-state index contributed by atoms with van der Waals surface area (Å²) in [5.41, 5.74) is 0.918. The zero-order valence-electron chi connectivity index (χ0n) is 13.8. The van der Waals surface area contributed by atoms with Crippen molar-refractivity contribution in [1.29, 1.82) is 0 Å². The van der Waals surface area contributed by atoms with E-state index in [-0.39, 0.29) is 16.9 Å². The Kier molecular flexibility index (Phi) is 5.86. The number of rotatable bonds is 7. The second-order valence-corrected chi connectivity index (χ2v) is 7.89. The molecule has 0 aromatic carbocycles. The predicted molar refractivity (Wildman–Crippen MR) is 96.6 cm³/mol. The molecular weight excluding hydrogens is 344 g/mol. The molecule has 1 unspecified atom stereocenters. The number of aromatic nitrogens is 1. The molecule has 7 heteroatoms. The summed E-state index contributed by atoms with van der Waals surface area (Å²) in [4.78, 5) is 27.6. The Labute approximate surface area is 149 Å². The molecule has 5 nitrogen and oxygen atoms in total. The van der Waals surface area contributed by atoms with Gasteiger partial charge in [-0.1, -0.05) is 17.4 Å². The number of hydrogen-bond acceptors (Lipinski definition) is 5. The predicted octanol–water partition coefficient (Wildman–Crippen LogP) is 2.88. The van der Waals surface area contributed by atoms with Crippen molar-refractivity contribution in [3.8, 4) is 0 Å². The molecule has 2 aromatic rings. The molecule has 0 radical (unpaired) electrons. The molecule has 3 rings (SSSR count). The zero-order valence-corrected chi connectivity index (χ0v) is 15.4. The molecule has 24 heavy (non-hydrogen) atoms. The Morgan fingerprint density at radius 2 is 2.33 bits per heavy atom. The van der Waals surface area contributed by atoms with E-state index in [1.807, 2.05) is 34.7 Å². The molecule has 1 saturated heterocycles. The highest BCUT2D eigenvalue weighted by Crippen LogP contribution is 2.18. The first-order valence-electron chi connectivity index (χ1n) is 8.20. The molecule has 0 N–H and O–H groups in total. The van der Waals surface area contributed by atoms with E-state index in [1.165, 1.54) is 16.2 Å². The van der Waals surface area contributed by atoms with E-state index in [0.29, 0.717) is 26.1 Å². The van der Waals surface area contributed by atoms with Crippen LogP contribution in [0.4, 0.5) is 0 Å². The van der Waals surface area contributed by atoms with Gasteiger partial charge in [0.25, 0.3) is 0 Å². The minimum Gasteiger partial charge on any atom is -0.376 e. The van der Waals surface area contributed by atoms with E-state index in [4.69, 9.17) is 4.74 Å². The van der Waals surface area contributed by atoms with Gasteiger partial charge in [-0.15, -0.1) is 11.3 Å². The Balaban J connectivity index is 1.64. The van der Waals surface area contributed by atoms with Gasteiger partial charge in [-0.2, -0.15) is 0 Å². The van der Waals surface area contributed by atoms with Crippen LogP contribution in [0.3, 0.4) is 0 Å². The lowest BCUT2D eigenvalue weighted by atomic mass is 10.2. The smallest absolute Gasteiger partial charge is 0.307 e. The molecule has 0 aliphatic carbocycles. The highest BCUT2D eigenvalue weighted by molar-refractivity contribution is 7.09. The fourth-order valence-corrected chi connectivity index (χ4v) is 4.40. The molecule has 2 aromatic heterocycles. The molecule has 1 aliphatic rings. The van der Waals surface area contributed by atoms with Crippen LogP contribution in [0.1, 0.15) is 29.8 Å². The van der Waals surface area contributed by atoms with Gasteiger partial charge in [-0.3, -0.25) is 9.59 Å². The standard InChI is InChI=1S/C17H22N2O3S2/c1-13-12-24-17(21)19(13)7-6-16(20)18(10-14-4-2-8-22-14)11-15-5-3-9-23-15/h3,5,9,12,14H,2,4,6-8,10-11H2,1H3. The Bertz CT molecular complexity index is 715. The number of amides is 1. The van der Waals surface area contributed by atoms with Gasteiger partial charge in [-0.25, -0.2) is 0 Å². The van der Waals surface area contributed by atoms with E-state index in [1.54, 1.807) is 15.9 Å². The lowest BCUT2D eigenvalue weighted by Gasteiger charge is -2.25. The van der Waals surface area contributed by atoms with Crippen LogP contribution in [-0.4, -0.2) is 34.6 Å². The van der Waals surface area contributed by atoms with Crippen LogP contribution in [0.5, 0.6) is 0 Å². The Morgan fingerprint density at radius 1 is 1.46 bits per heavy atom. The highest BCUT2D eigenvalue weighted by atomic mass is 32.1. The van der Waals surface area contributed by atoms with E-state index in [0.717, 1.165) is 25.1 Å². The molecule has 1 atom stereocenters. The first-order chi connectivity index (χ1) is 11.6. The minimum absolute atomic E-state index is 0.00392. The minimum atomic E-state index is 0.00392. The maximum absolute atomic E-state index is 12.7. The average Bonchev–Trinajstić information content (AvgIpc) is 3.30. The molecule has 1 amide bonds. The molecule has 0 bridgehead atoms. The molecule has 1 fully saturated rings. The first-order valence-corrected chi connectivity index (χ1v) is 9.96. The number of aryl methyl sites for hydroxylation is 1. The first kappa shape index (κ1) is 17.4. The number of hydrogen-bond donors (Lipinski definition) is 0. The summed E-state index contributed by atoms with van der Waals surface area (Å²) in [6.45, 7) is 4.38. The number of carbonyl (C=O) groups is 1. The van der Waals surface area contributed by atoms with Crippen LogP contribution in [0.2, 0.25) is 0 Å². The van der Waals surface area contributed by atoms with Gasteiger partial charge in [0.1, 0.15) is 0 Å². The van der Waals surface area contributed by atoms with Crippen molar-refractivity contribution in [3.05, 3.63) is 43.1 Å². The van der Waals surface area contributed by atoms with Gasteiger partial charge in [0.15, 0.2) is 0 Å². The summed E-state index contributed by atoms with van der Waals surface area (Å²) < 4.78 is 7.38. The maximum atomic E-state index is 12.7. The summed E-state index contributed by atoms with van der Waals surface area (Å²) >= 11 is 2.84. The number of nitrogens with zero attached hydrogens (tertiary/aromatic N) is 2. The van der Waals surface area contributed by atoms with Gasteiger partial charge < -0.3 is 14.2 Å². The van der Waals surface area contributed by atoms with Crippen molar-refractivity contribution in [1.82, 2.24) is 9.47 Å². The monoisotopic (exact) mass is 366 g/mol. The third kappa shape index (κ3) is 4.34. The SMILES string of the molecule is Cc1csc(=O)n1CCC(=O)N(Cc1cccs1)CC1CCCO1. The van der Waals surface area contributed by atoms with Crippen LogP contribution in [0.25, 0.3) is 0 Å². The highest BCUT2D eigenvalue weighted by Gasteiger charge is 2.23. The van der Waals surface area contributed by atoms with Crippen LogP contribution >= 0.6 is 22.7 Å². The van der Waals surface area contributed by atoms with Crippen molar-refractivity contribution in [2.45, 2.75) is 45.4 Å². The van der Waals surface area contributed by atoms with Gasteiger partial charge >= 0.3 is 4.87 Å². The van der Waals surface area contributed by atoms with Gasteiger partial charge in [0.05, 0.1) is 12.6 Å². The topological polar surface area (TPSA) is 51.5 Å². The van der Waals surface area contributed by atoms with E-state index < -0.39 is 0 Å². The molecule has 0 spiro atoms. The van der Waals surface area contributed by atoms with Crippen LogP contribution in [-0.2, 0) is 22.6 Å². The van der Waals surface area contributed by atoms with Crippen LogP contribution in [0, 0.1) is 6.92 Å². The van der Waals surface area contributed by atoms with E-state index >= 15 is 0 Å². The van der Waals surface area contributed by atoms with Crippen molar-refractivity contribution >= 4 is 28.6 Å². The summed E-state index contributed by atoms with van der Waals surface area (Å²) in [5, 5.41) is 3.86. The fraction of sp³-hybridized carbons (Fsp3) is 0.529. The lowest BCUT2D eigenvalue weighted by molar-refractivity contribution is -0.133. The number of ether oxygens (including phenoxy) is 1. The number of carbonyl (C=O) groups excluding carboxylic acids is 1.